The summed E-state index contributed by atoms with van der Waals surface area (Å²) in [6, 6.07) is 4.07. The molecule has 0 saturated heterocycles. The highest BCUT2D eigenvalue weighted by Gasteiger charge is 2.07. The van der Waals surface area contributed by atoms with Crippen LogP contribution in [0.25, 0.3) is 16.6 Å². The van der Waals surface area contributed by atoms with E-state index >= 15 is 0 Å². The van der Waals surface area contributed by atoms with Gasteiger partial charge in [-0.1, -0.05) is 0 Å². The Morgan fingerprint density at radius 1 is 1.17 bits per heavy atom. The topological polar surface area (TPSA) is 107 Å². The summed E-state index contributed by atoms with van der Waals surface area (Å²) in [4.78, 5) is 0. The molecule has 2 aromatic heterocycles. The zero-order chi connectivity index (χ0) is 15.9. The summed E-state index contributed by atoms with van der Waals surface area (Å²) in [5.74, 6) is 0. The molecule has 0 aliphatic carbocycles. The summed E-state index contributed by atoms with van der Waals surface area (Å²) in [6.07, 6.45) is 7.16. The highest BCUT2D eigenvalue weighted by Crippen LogP contribution is 2.25. The van der Waals surface area contributed by atoms with Crippen molar-refractivity contribution in [1.82, 2.24) is 25.0 Å². The molecule has 0 amide bonds. The van der Waals surface area contributed by atoms with Crippen molar-refractivity contribution in [2.24, 2.45) is 5.73 Å². The minimum atomic E-state index is 0.654. The molecule has 2 heterocycles. The third kappa shape index (κ3) is 3.85. The van der Waals surface area contributed by atoms with Gasteiger partial charge in [-0.05, 0) is 31.5 Å². The van der Waals surface area contributed by atoms with Gasteiger partial charge in [-0.3, -0.25) is 9.67 Å². The van der Waals surface area contributed by atoms with Gasteiger partial charge in [0.1, 0.15) is 12.7 Å². The molecule has 122 valence electrons. The van der Waals surface area contributed by atoms with E-state index in [4.69, 9.17) is 10.5 Å². The second-order valence-corrected chi connectivity index (χ2v) is 5.23. The number of aromatic amines is 1. The fourth-order valence-corrected chi connectivity index (χ4v) is 2.37. The monoisotopic (exact) mass is 315 g/mol. The predicted molar refractivity (Wildman–Crippen MR) is 88.6 cm³/mol. The van der Waals surface area contributed by atoms with Gasteiger partial charge in [0, 0.05) is 24.2 Å². The molecule has 3 rings (SSSR count). The number of hydrogen-bond donors (Lipinski definition) is 3. The van der Waals surface area contributed by atoms with Crippen LogP contribution in [0.15, 0.2) is 31.0 Å². The zero-order valence-corrected chi connectivity index (χ0v) is 12.9. The van der Waals surface area contributed by atoms with Crippen LogP contribution in [-0.4, -0.2) is 51.3 Å². The average molecular weight is 315 g/mol. The van der Waals surface area contributed by atoms with E-state index in [0.29, 0.717) is 6.61 Å². The first-order valence-corrected chi connectivity index (χ1v) is 7.72. The van der Waals surface area contributed by atoms with Crippen molar-refractivity contribution in [3.8, 4) is 5.69 Å². The van der Waals surface area contributed by atoms with Gasteiger partial charge in [0.15, 0.2) is 0 Å². The van der Waals surface area contributed by atoms with Crippen molar-refractivity contribution in [2.45, 2.75) is 12.8 Å². The molecular formula is C15H21N7O. The molecule has 8 heteroatoms. The molecule has 4 N–H and O–H groups in total. The third-order valence-electron chi connectivity index (χ3n) is 3.56. The van der Waals surface area contributed by atoms with Gasteiger partial charge in [0.2, 0.25) is 0 Å². The summed E-state index contributed by atoms with van der Waals surface area (Å²) in [5, 5.41) is 19.3. The largest absolute Gasteiger partial charge is 0.382 e. The molecule has 3 aromatic rings. The molecule has 0 atom stereocenters. The number of rotatable bonds is 9. The highest BCUT2D eigenvalue weighted by atomic mass is 16.5. The molecule has 0 fully saturated rings. The van der Waals surface area contributed by atoms with Crippen molar-refractivity contribution in [3.05, 3.63) is 31.0 Å². The lowest BCUT2D eigenvalue weighted by molar-refractivity contribution is 0.140. The van der Waals surface area contributed by atoms with E-state index in [0.717, 1.165) is 54.8 Å². The number of anilines is 1. The molecule has 0 unspecified atom stereocenters. The van der Waals surface area contributed by atoms with Crippen molar-refractivity contribution < 1.29 is 4.74 Å². The number of aromatic nitrogens is 5. The minimum Gasteiger partial charge on any atom is -0.382 e. The summed E-state index contributed by atoms with van der Waals surface area (Å²) in [5.41, 5.74) is 8.39. The van der Waals surface area contributed by atoms with E-state index in [9.17, 15) is 0 Å². The Bertz CT molecular complexity index is 723. The molecule has 8 nitrogen and oxygen atoms in total. The zero-order valence-electron chi connectivity index (χ0n) is 12.9. The maximum Gasteiger partial charge on any atom is 0.123 e. The van der Waals surface area contributed by atoms with E-state index < -0.39 is 0 Å². The lowest BCUT2D eigenvalue weighted by atomic mass is 10.2. The fraction of sp³-hybridized carbons (Fsp3) is 0.400. The molecule has 0 saturated carbocycles. The van der Waals surface area contributed by atoms with Gasteiger partial charge in [-0.2, -0.15) is 5.10 Å². The lowest BCUT2D eigenvalue weighted by Gasteiger charge is -2.11. The van der Waals surface area contributed by atoms with Gasteiger partial charge in [-0.15, -0.1) is 10.2 Å². The maximum absolute atomic E-state index is 5.59. The second-order valence-electron chi connectivity index (χ2n) is 5.23. The van der Waals surface area contributed by atoms with E-state index in [1.807, 2.05) is 16.8 Å². The van der Waals surface area contributed by atoms with E-state index in [1.54, 1.807) is 12.7 Å². The van der Waals surface area contributed by atoms with Crippen LogP contribution in [0, 0.1) is 0 Å². The maximum atomic E-state index is 5.59. The summed E-state index contributed by atoms with van der Waals surface area (Å²) >= 11 is 0. The highest BCUT2D eigenvalue weighted by molar-refractivity contribution is 5.93. The summed E-state index contributed by atoms with van der Waals surface area (Å²) in [6.45, 7) is 2.85. The molecule has 1 aromatic carbocycles. The number of nitrogens with zero attached hydrogens (tertiary/aromatic N) is 4. The number of hydrogen-bond acceptors (Lipinski definition) is 6. The molecule has 0 spiro atoms. The minimum absolute atomic E-state index is 0.654. The van der Waals surface area contributed by atoms with Crippen molar-refractivity contribution in [2.75, 3.05) is 31.6 Å². The molecular weight excluding hydrogens is 294 g/mol. The van der Waals surface area contributed by atoms with Gasteiger partial charge in [0.25, 0.3) is 0 Å². The quantitative estimate of drug-likeness (QED) is 0.514. The van der Waals surface area contributed by atoms with Crippen LogP contribution in [0.3, 0.4) is 0 Å². The van der Waals surface area contributed by atoms with Gasteiger partial charge < -0.3 is 15.8 Å². The van der Waals surface area contributed by atoms with Gasteiger partial charge in [-0.25, -0.2) is 0 Å². The number of ether oxygens (including phenoxy) is 1. The standard InChI is InChI=1S/C15H21N7O/c16-3-1-2-5-23-6-4-17-14-7-12(22-10-19-20-11-22)8-15-13(14)9-18-21-15/h7-11,17H,1-6,16H2,(H,18,21). The van der Waals surface area contributed by atoms with Crippen molar-refractivity contribution in [1.29, 1.82) is 0 Å². The molecule has 0 bridgehead atoms. The lowest BCUT2D eigenvalue weighted by Crippen LogP contribution is -2.11. The normalized spacial score (nSPS) is 11.2. The van der Waals surface area contributed by atoms with Crippen LogP contribution in [0.5, 0.6) is 0 Å². The van der Waals surface area contributed by atoms with Crippen LogP contribution in [0.1, 0.15) is 12.8 Å². The van der Waals surface area contributed by atoms with Gasteiger partial charge >= 0.3 is 0 Å². The molecule has 0 aliphatic rings. The summed E-state index contributed by atoms with van der Waals surface area (Å²) in [7, 11) is 0. The van der Waals surface area contributed by atoms with E-state index in [-0.39, 0.29) is 0 Å². The number of nitrogens with one attached hydrogen (secondary N) is 2. The van der Waals surface area contributed by atoms with Gasteiger partial charge in [0.05, 0.1) is 24.0 Å². The Labute approximate surface area is 134 Å². The SMILES string of the molecule is NCCCCOCCNc1cc(-n2cnnc2)cc2[nH]ncc12. The van der Waals surface area contributed by atoms with Crippen molar-refractivity contribution >= 4 is 16.6 Å². The van der Waals surface area contributed by atoms with Crippen LogP contribution < -0.4 is 11.1 Å². The number of nitrogens with two attached hydrogens (primary N) is 1. The fourth-order valence-electron chi connectivity index (χ4n) is 2.37. The van der Waals surface area contributed by atoms with Crippen LogP contribution in [0.2, 0.25) is 0 Å². The van der Waals surface area contributed by atoms with E-state index in [2.05, 4.69) is 31.8 Å². The third-order valence-corrected chi connectivity index (χ3v) is 3.56. The number of benzene rings is 1. The van der Waals surface area contributed by atoms with Crippen LogP contribution in [-0.2, 0) is 4.74 Å². The number of unbranched alkanes of at least 4 members (excludes halogenated alkanes) is 1. The number of fused-ring (bicyclic) bond motifs is 1. The molecule has 23 heavy (non-hydrogen) atoms. The van der Waals surface area contributed by atoms with Crippen molar-refractivity contribution in [3.63, 3.8) is 0 Å². The van der Waals surface area contributed by atoms with Crippen LogP contribution >= 0.6 is 0 Å². The average Bonchev–Trinajstić information content (AvgIpc) is 3.24. The Morgan fingerprint density at radius 3 is 2.87 bits per heavy atom. The summed E-state index contributed by atoms with van der Waals surface area (Å²) < 4.78 is 7.44. The Kier molecular flexibility index (Phi) is 5.17. The first kappa shape index (κ1) is 15.4. The van der Waals surface area contributed by atoms with Crippen LogP contribution in [0.4, 0.5) is 5.69 Å². The van der Waals surface area contributed by atoms with E-state index in [1.165, 1.54) is 0 Å². The predicted octanol–water partition coefficient (Wildman–Crippen LogP) is 1.31. The first-order chi connectivity index (χ1) is 11.4. The second kappa shape index (κ2) is 7.70. The first-order valence-electron chi connectivity index (χ1n) is 7.72. The Morgan fingerprint density at radius 2 is 2.04 bits per heavy atom. The Hall–Kier alpha value is -2.45. The molecule has 0 radical (unpaired) electrons. The molecule has 0 aliphatic heterocycles. The Balaban J connectivity index is 1.64. The smallest absolute Gasteiger partial charge is 0.123 e. The number of H-pyrrole nitrogens is 1.